The number of pyridine rings is 1. The molecule has 6 heteroatoms. The lowest BCUT2D eigenvalue weighted by atomic mass is 10.2. The second kappa shape index (κ2) is 5.22. The van der Waals surface area contributed by atoms with E-state index in [2.05, 4.69) is 10.3 Å². The third-order valence-electron chi connectivity index (χ3n) is 2.37. The predicted octanol–water partition coefficient (Wildman–Crippen LogP) is 2.74. The van der Waals surface area contributed by atoms with E-state index in [1.165, 1.54) is 24.4 Å². The lowest BCUT2D eigenvalue weighted by Crippen LogP contribution is -2.03. The number of rotatable bonds is 4. The zero-order chi connectivity index (χ0) is 13.0. The maximum atomic E-state index is 13.3. The summed E-state index contributed by atoms with van der Waals surface area (Å²) in [5.41, 5.74) is 0.423. The van der Waals surface area contributed by atoms with Crippen molar-refractivity contribution >= 4 is 11.5 Å². The van der Waals surface area contributed by atoms with Gasteiger partial charge in [-0.05, 0) is 6.07 Å². The quantitative estimate of drug-likeness (QED) is 0.666. The van der Waals surface area contributed by atoms with Crippen molar-refractivity contribution in [2.45, 2.75) is 6.54 Å². The molecule has 0 unspecified atom stereocenters. The van der Waals surface area contributed by atoms with Crippen molar-refractivity contribution in [1.29, 1.82) is 0 Å². The van der Waals surface area contributed by atoms with E-state index in [1.54, 1.807) is 18.2 Å². The van der Waals surface area contributed by atoms with E-state index in [9.17, 15) is 14.5 Å². The van der Waals surface area contributed by atoms with E-state index >= 15 is 0 Å². The minimum Gasteiger partial charge on any atom is -0.366 e. The monoisotopic (exact) mass is 247 g/mol. The van der Waals surface area contributed by atoms with E-state index < -0.39 is 4.92 Å². The molecule has 5 nitrogen and oxygen atoms in total. The van der Waals surface area contributed by atoms with E-state index in [-0.39, 0.29) is 18.0 Å². The lowest BCUT2D eigenvalue weighted by Gasteiger charge is -2.06. The maximum absolute atomic E-state index is 13.3. The Morgan fingerprint density at radius 3 is 2.83 bits per heavy atom. The molecule has 18 heavy (non-hydrogen) atoms. The molecule has 1 N–H and O–H groups in total. The number of anilines is 1. The zero-order valence-corrected chi connectivity index (χ0v) is 9.34. The highest BCUT2D eigenvalue weighted by atomic mass is 19.1. The Hall–Kier alpha value is -2.50. The molecule has 0 fully saturated rings. The number of nitrogens with zero attached hydrogens (tertiary/aromatic N) is 2. The summed E-state index contributed by atoms with van der Waals surface area (Å²) in [6.45, 7) is 0.223. The van der Waals surface area contributed by atoms with Gasteiger partial charge in [0.15, 0.2) is 0 Å². The third kappa shape index (κ3) is 2.79. The van der Waals surface area contributed by atoms with Crippen LogP contribution in [0.4, 0.5) is 15.9 Å². The SMILES string of the molecule is O=[N+]([O-])c1ccnc(NCc2ccccc2F)c1. The van der Waals surface area contributed by atoms with Crippen LogP contribution in [0.25, 0.3) is 0 Å². The first kappa shape index (κ1) is 12.0. The first-order valence-electron chi connectivity index (χ1n) is 5.24. The van der Waals surface area contributed by atoms with E-state index in [0.717, 1.165) is 0 Å². The number of benzene rings is 1. The van der Waals surface area contributed by atoms with E-state index in [0.29, 0.717) is 11.4 Å². The summed E-state index contributed by atoms with van der Waals surface area (Å²) >= 11 is 0. The van der Waals surface area contributed by atoms with Crippen molar-refractivity contribution in [3.63, 3.8) is 0 Å². The van der Waals surface area contributed by atoms with Crippen LogP contribution in [0.15, 0.2) is 42.6 Å². The molecule has 0 aliphatic heterocycles. The molecule has 1 heterocycles. The largest absolute Gasteiger partial charge is 0.366 e. The fourth-order valence-corrected chi connectivity index (χ4v) is 1.46. The fraction of sp³-hybridized carbons (Fsp3) is 0.0833. The Balaban J connectivity index is 2.09. The second-order valence-electron chi connectivity index (χ2n) is 3.60. The molecule has 0 bridgehead atoms. The van der Waals surface area contributed by atoms with Crippen LogP contribution >= 0.6 is 0 Å². The molecule has 0 saturated heterocycles. The highest BCUT2D eigenvalue weighted by Crippen LogP contribution is 2.15. The summed E-state index contributed by atoms with van der Waals surface area (Å²) in [5.74, 6) is 0.0166. The Bertz CT molecular complexity index is 575. The van der Waals surface area contributed by atoms with Gasteiger partial charge in [0.25, 0.3) is 5.69 Å². The number of nitro groups is 1. The molecular formula is C12H10FN3O2. The number of hydrogen-bond acceptors (Lipinski definition) is 4. The standard InChI is InChI=1S/C12H10FN3O2/c13-11-4-2-1-3-9(11)8-15-12-7-10(16(17)18)5-6-14-12/h1-7H,8H2,(H,14,15). The van der Waals surface area contributed by atoms with Crippen LogP contribution in [0.2, 0.25) is 0 Å². The molecule has 2 rings (SSSR count). The van der Waals surface area contributed by atoms with Crippen molar-refractivity contribution in [1.82, 2.24) is 4.98 Å². The predicted molar refractivity (Wildman–Crippen MR) is 64.6 cm³/mol. The van der Waals surface area contributed by atoms with Crippen LogP contribution in [-0.4, -0.2) is 9.91 Å². The van der Waals surface area contributed by atoms with E-state index in [4.69, 9.17) is 0 Å². The molecule has 0 amide bonds. The highest BCUT2D eigenvalue weighted by molar-refractivity contribution is 5.44. The number of hydrogen-bond donors (Lipinski definition) is 1. The summed E-state index contributed by atoms with van der Waals surface area (Å²) in [7, 11) is 0. The highest BCUT2D eigenvalue weighted by Gasteiger charge is 2.07. The van der Waals surface area contributed by atoms with Crippen LogP contribution in [0.1, 0.15) is 5.56 Å². The molecule has 0 aliphatic carbocycles. The maximum Gasteiger partial charge on any atom is 0.274 e. The smallest absolute Gasteiger partial charge is 0.274 e. The molecule has 0 aliphatic rings. The van der Waals surface area contributed by atoms with Gasteiger partial charge in [0.1, 0.15) is 11.6 Å². The molecule has 92 valence electrons. The second-order valence-corrected chi connectivity index (χ2v) is 3.60. The van der Waals surface area contributed by atoms with Crippen molar-refractivity contribution in [3.05, 3.63) is 64.1 Å². The van der Waals surface area contributed by atoms with Crippen molar-refractivity contribution < 1.29 is 9.31 Å². The molecule has 1 aromatic heterocycles. The third-order valence-corrected chi connectivity index (χ3v) is 2.37. The van der Waals surface area contributed by atoms with Crippen molar-refractivity contribution in [2.24, 2.45) is 0 Å². The summed E-state index contributed by atoms with van der Waals surface area (Å²) in [6.07, 6.45) is 1.34. The number of halogens is 1. The summed E-state index contributed by atoms with van der Waals surface area (Å²) in [6, 6.07) is 8.93. The number of nitrogens with one attached hydrogen (secondary N) is 1. The average Bonchev–Trinajstić information content (AvgIpc) is 2.38. The van der Waals surface area contributed by atoms with Crippen LogP contribution in [0.3, 0.4) is 0 Å². The molecular weight excluding hydrogens is 237 g/mol. The Morgan fingerprint density at radius 1 is 1.33 bits per heavy atom. The molecule has 2 aromatic rings. The van der Waals surface area contributed by atoms with E-state index in [1.807, 2.05) is 0 Å². The van der Waals surface area contributed by atoms with Crippen molar-refractivity contribution in [3.8, 4) is 0 Å². The van der Waals surface area contributed by atoms with Gasteiger partial charge < -0.3 is 5.32 Å². The van der Waals surface area contributed by atoms with Gasteiger partial charge in [-0.1, -0.05) is 18.2 Å². The topological polar surface area (TPSA) is 68.1 Å². The van der Waals surface area contributed by atoms with Gasteiger partial charge in [0, 0.05) is 24.4 Å². The summed E-state index contributed by atoms with van der Waals surface area (Å²) in [5, 5.41) is 13.4. The molecule has 0 radical (unpaired) electrons. The normalized spacial score (nSPS) is 10.1. The number of aromatic nitrogens is 1. The van der Waals surface area contributed by atoms with Gasteiger partial charge >= 0.3 is 0 Å². The van der Waals surface area contributed by atoms with Crippen LogP contribution in [0.5, 0.6) is 0 Å². The molecule has 0 spiro atoms. The first-order chi connectivity index (χ1) is 8.66. The average molecular weight is 247 g/mol. The van der Waals surface area contributed by atoms with Crippen LogP contribution in [-0.2, 0) is 6.54 Å². The van der Waals surface area contributed by atoms with Gasteiger partial charge in [-0.2, -0.15) is 0 Å². The lowest BCUT2D eigenvalue weighted by molar-refractivity contribution is -0.384. The molecule has 0 atom stereocenters. The van der Waals surface area contributed by atoms with Gasteiger partial charge in [0.2, 0.25) is 0 Å². The summed E-state index contributed by atoms with van der Waals surface area (Å²) in [4.78, 5) is 14.0. The van der Waals surface area contributed by atoms with Gasteiger partial charge in [0.05, 0.1) is 11.0 Å². The minimum absolute atomic E-state index is 0.0546. The Labute approximate surface area is 102 Å². The Morgan fingerprint density at radius 2 is 2.11 bits per heavy atom. The zero-order valence-electron chi connectivity index (χ0n) is 9.34. The van der Waals surface area contributed by atoms with Gasteiger partial charge in [-0.25, -0.2) is 9.37 Å². The minimum atomic E-state index is -0.504. The van der Waals surface area contributed by atoms with Crippen LogP contribution in [0, 0.1) is 15.9 Å². The first-order valence-corrected chi connectivity index (χ1v) is 5.24. The molecule has 0 saturated carbocycles. The Kier molecular flexibility index (Phi) is 3.47. The van der Waals surface area contributed by atoms with Gasteiger partial charge in [-0.15, -0.1) is 0 Å². The van der Waals surface area contributed by atoms with Crippen molar-refractivity contribution in [2.75, 3.05) is 5.32 Å². The molecule has 1 aromatic carbocycles. The summed E-state index contributed by atoms with van der Waals surface area (Å²) < 4.78 is 13.3. The van der Waals surface area contributed by atoms with Crippen LogP contribution < -0.4 is 5.32 Å². The fourth-order valence-electron chi connectivity index (χ4n) is 1.46. The van der Waals surface area contributed by atoms with Gasteiger partial charge in [-0.3, -0.25) is 10.1 Å².